The van der Waals surface area contributed by atoms with Gasteiger partial charge in [-0.25, -0.2) is 0 Å². The predicted octanol–water partition coefficient (Wildman–Crippen LogP) is 2.41. The highest BCUT2D eigenvalue weighted by Crippen LogP contribution is 2.34. The summed E-state index contributed by atoms with van der Waals surface area (Å²) in [7, 11) is 0. The average molecular weight is 240 g/mol. The lowest BCUT2D eigenvalue weighted by atomic mass is 9.80. The van der Waals surface area contributed by atoms with Crippen LogP contribution < -0.4 is 5.32 Å². The summed E-state index contributed by atoms with van der Waals surface area (Å²) in [6.07, 6.45) is 4.16. The van der Waals surface area contributed by atoms with E-state index in [0.29, 0.717) is 11.9 Å². The van der Waals surface area contributed by atoms with Gasteiger partial charge >= 0.3 is 0 Å². The second-order valence-corrected chi connectivity index (χ2v) is 5.55. The van der Waals surface area contributed by atoms with E-state index in [1.54, 1.807) is 0 Å². The normalized spacial score (nSPS) is 24.3. The maximum atomic E-state index is 12.8. The van der Waals surface area contributed by atoms with Crippen molar-refractivity contribution < 1.29 is 4.79 Å². The fourth-order valence-corrected chi connectivity index (χ4v) is 2.86. The molecule has 17 heavy (non-hydrogen) atoms. The molecule has 1 aliphatic heterocycles. The highest BCUT2D eigenvalue weighted by molar-refractivity contribution is 5.83. The van der Waals surface area contributed by atoms with E-state index in [1.807, 2.05) is 0 Å². The van der Waals surface area contributed by atoms with Crippen LogP contribution in [0.2, 0.25) is 0 Å². The van der Waals surface area contributed by atoms with E-state index in [1.165, 1.54) is 0 Å². The number of hydrogen-bond acceptors (Lipinski definition) is 2. The minimum atomic E-state index is -0.117. The lowest BCUT2D eigenvalue weighted by Crippen LogP contribution is -2.48. The van der Waals surface area contributed by atoms with E-state index in [-0.39, 0.29) is 5.41 Å². The van der Waals surface area contributed by atoms with Crippen LogP contribution in [0.4, 0.5) is 0 Å². The van der Waals surface area contributed by atoms with Gasteiger partial charge in [-0.05, 0) is 39.7 Å². The Kier molecular flexibility index (Phi) is 5.44. The summed E-state index contributed by atoms with van der Waals surface area (Å²) in [4.78, 5) is 14.8. The van der Waals surface area contributed by atoms with Crippen molar-refractivity contribution in [3.63, 3.8) is 0 Å². The van der Waals surface area contributed by atoms with Gasteiger partial charge in [-0.2, -0.15) is 0 Å². The van der Waals surface area contributed by atoms with Crippen molar-refractivity contribution in [3.05, 3.63) is 0 Å². The zero-order valence-corrected chi connectivity index (χ0v) is 11.9. The van der Waals surface area contributed by atoms with Crippen molar-refractivity contribution in [2.24, 2.45) is 5.41 Å². The monoisotopic (exact) mass is 240 g/mol. The Balaban J connectivity index is 2.81. The Morgan fingerprint density at radius 3 is 2.47 bits per heavy atom. The molecular formula is C14H28N2O. The van der Waals surface area contributed by atoms with Crippen LogP contribution in [-0.2, 0) is 4.79 Å². The quantitative estimate of drug-likeness (QED) is 0.773. The van der Waals surface area contributed by atoms with Crippen LogP contribution in [-0.4, -0.2) is 36.5 Å². The molecule has 100 valence electrons. The molecule has 1 saturated heterocycles. The molecule has 1 N–H and O–H groups in total. The zero-order chi connectivity index (χ0) is 12.9. The lowest BCUT2D eigenvalue weighted by molar-refractivity contribution is -0.143. The van der Waals surface area contributed by atoms with Crippen LogP contribution in [0.15, 0.2) is 0 Å². The first-order valence-electron chi connectivity index (χ1n) is 7.09. The third-order valence-electron chi connectivity index (χ3n) is 3.77. The summed E-state index contributed by atoms with van der Waals surface area (Å²) in [5, 5.41) is 3.37. The number of nitrogens with one attached hydrogen (secondary N) is 1. The third-order valence-corrected chi connectivity index (χ3v) is 3.77. The van der Waals surface area contributed by atoms with Crippen molar-refractivity contribution in [2.45, 2.75) is 59.4 Å². The molecule has 1 rings (SSSR count). The van der Waals surface area contributed by atoms with Gasteiger partial charge in [-0.3, -0.25) is 4.79 Å². The Morgan fingerprint density at radius 2 is 2.06 bits per heavy atom. The molecule has 0 saturated carbocycles. The zero-order valence-electron chi connectivity index (χ0n) is 11.9. The maximum Gasteiger partial charge on any atom is 0.230 e. The van der Waals surface area contributed by atoms with Crippen molar-refractivity contribution in [1.82, 2.24) is 10.2 Å². The molecule has 1 atom stereocenters. The predicted molar refractivity (Wildman–Crippen MR) is 72.0 cm³/mol. The molecule has 0 aromatic rings. The molecule has 0 radical (unpaired) electrons. The van der Waals surface area contributed by atoms with Gasteiger partial charge in [0.15, 0.2) is 0 Å². The SMILES string of the molecule is CCCN(C(=O)C1(CCC)CCNC1)C(C)C. The van der Waals surface area contributed by atoms with Crippen LogP contribution in [0, 0.1) is 5.41 Å². The van der Waals surface area contributed by atoms with E-state index >= 15 is 0 Å². The molecule has 1 heterocycles. The molecular weight excluding hydrogens is 212 g/mol. The Labute approximate surface area is 106 Å². The van der Waals surface area contributed by atoms with Crippen LogP contribution in [0.5, 0.6) is 0 Å². The minimum Gasteiger partial charge on any atom is -0.340 e. The van der Waals surface area contributed by atoms with Crippen LogP contribution in [0.1, 0.15) is 53.4 Å². The fourth-order valence-electron chi connectivity index (χ4n) is 2.86. The molecule has 0 aliphatic carbocycles. The number of hydrogen-bond donors (Lipinski definition) is 1. The van der Waals surface area contributed by atoms with Crippen LogP contribution in [0.3, 0.4) is 0 Å². The summed E-state index contributed by atoms with van der Waals surface area (Å²) in [5.74, 6) is 0.376. The molecule has 1 amide bonds. The fraction of sp³-hybridized carbons (Fsp3) is 0.929. The number of rotatable bonds is 6. The Bertz CT molecular complexity index is 245. The van der Waals surface area contributed by atoms with Gasteiger partial charge in [0.2, 0.25) is 5.91 Å². The van der Waals surface area contributed by atoms with Crippen molar-refractivity contribution in [3.8, 4) is 0 Å². The Morgan fingerprint density at radius 1 is 1.35 bits per heavy atom. The number of amides is 1. The van der Waals surface area contributed by atoms with E-state index in [2.05, 4.69) is 37.9 Å². The second kappa shape index (κ2) is 6.39. The topological polar surface area (TPSA) is 32.3 Å². The van der Waals surface area contributed by atoms with Gasteiger partial charge in [0, 0.05) is 19.1 Å². The van der Waals surface area contributed by atoms with E-state index in [9.17, 15) is 4.79 Å². The van der Waals surface area contributed by atoms with Crippen molar-refractivity contribution in [1.29, 1.82) is 0 Å². The van der Waals surface area contributed by atoms with Gasteiger partial charge in [0.05, 0.1) is 5.41 Å². The number of nitrogens with zero attached hydrogens (tertiary/aromatic N) is 1. The van der Waals surface area contributed by atoms with Gasteiger partial charge in [-0.1, -0.05) is 20.3 Å². The Hall–Kier alpha value is -0.570. The van der Waals surface area contributed by atoms with Gasteiger partial charge in [0.25, 0.3) is 0 Å². The second-order valence-electron chi connectivity index (χ2n) is 5.55. The van der Waals surface area contributed by atoms with Crippen molar-refractivity contribution in [2.75, 3.05) is 19.6 Å². The molecule has 0 aromatic carbocycles. The summed E-state index contributed by atoms with van der Waals surface area (Å²) >= 11 is 0. The largest absolute Gasteiger partial charge is 0.340 e. The number of carbonyl (C=O) groups is 1. The first-order chi connectivity index (χ1) is 8.07. The molecule has 3 heteroatoms. The van der Waals surface area contributed by atoms with E-state index in [0.717, 1.165) is 45.3 Å². The summed E-state index contributed by atoms with van der Waals surface area (Å²) in [6, 6.07) is 0.316. The molecule has 0 spiro atoms. The summed E-state index contributed by atoms with van der Waals surface area (Å²) in [5.41, 5.74) is -0.117. The smallest absolute Gasteiger partial charge is 0.230 e. The molecule has 1 unspecified atom stereocenters. The summed E-state index contributed by atoms with van der Waals surface area (Å²) in [6.45, 7) is 11.3. The third kappa shape index (κ3) is 3.21. The first kappa shape index (κ1) is 14.5. The molecule has 1 aliphatic rings. The number of carbonyl (C=O) groups excluding carboxylic acids is 1. The van der Waals surface area contributed by atoms with Crippen LogP contribution >= 0.6 is 0 Å². The molecule has 1 fully saturated rings. The van der Waals surface area contributed by atoms with Crippen LogP contribution in [0.25, 0.3) is 0 Å². The minimum absolute atomic E-state index is 0.117. The standard InChI is InChI=1S/C14H28N2O/c1-5-7-14(8-9-15-11-14)13(17)16(10-6-2)12(3)4/h12,15H,5-11H2,1-4H3. The lowest BCUT2D eigenvalue weighted by Gasteiger charge is -2.36. The molecule has 3 nitrogen and oxygen atoms in total. The van der Waals surface area contributed by atoms with Crippen molar-refractivity contribution >= 4 is 5.91 Å². The van der Waals surface area contributed by atoms with E-state index in [4.69, 9.17) is 0 Å². The maximum absolute atomic E-state index is 12.8. The average Bonchev–Trinajstić information content (AvgIpc) is 2.75. The summed E-state index contributed by atoms with van der Waals surface area (Å²) < 4.78 is 0. The van der Waals surface area contributed by atoms with Gasteiger partial charge < -0.3 is 10.2 Å². The van der Waals surface area contributed by atoms with Gasteiger partial charge in [-0.15, -0.1) is 0 Å². The highest BCUT2D eigenvalue weighted by atomic mass is 16.2. The first-order valence-corrected chi connectivity index (χ1v) is 7.09. The van der Waals surface area contributed by atoms with Gasteiger partial charge in [0.1, 0.15) is 0 Å². The molecule has 0 aromatic heterocycles. The molecule has 0 bridgehead atoms. The highest BCUT2D eigenvalue weighted by Gasteiger charge is 2.42. The van der Waals surface area contributed by atoms with E-state index < -0.39 is 0 Å².